The molecule has 6 nitrogen and oxygen atoms in total. The van der Waals surface area contributed by atoms with Crippen molar-refractivity contribution in [2.75, 3.05) is 6.54 Å². The smallest absolute Gasteiger partial charge is 0.271 e. The Bertz CT molecular complexity index is 868. The van der Waals surface area contributed by atoms with Gasteiger partial charge in [-0.3, -0.25) is 4.79 Å². The lowest BCUT2D eigenvalue weighted by Gasteiger charge is -2.33. The molecular formula is C19H20N4O2. The molecular weight excluding hydrogens is 316 g/mol. The summed E-state index contributed by atoms with van der Waals surface area (Å²) in [6, 6.07) is 13.3. The molecule has 0 N–H and O–H groups in total. The summed E-state index contributed by atoms with van der Waals surface area (Å²) in [7, 11) is 1.88. The van der Waals surface area contributed by atoms with Crippen LogP contribution in [0, 0.1) is 0 Å². The van der Waals surface area contributed by atoms with E-state index in [1.54, 1.807) is 0 Å². The molecule has 0 spiro atoms. The second-order valence-electron chi connectivity index (χ2n) is 6.34. The van der Waals surface area contributed by atoms with E-state index in [1.807, 2.05) is 65.2 Å². The molecule has 1 aromatic carbocycles. The standard InChI is InChI=1S/C19H20N4O2/c1-22-12-7-11-16(22)19(24)23-13-6-5-10-15(23)18-20-17(21-25-18)14-8-3-2-4-9-14/h2-4,7-9,11-12,15H,5-6,10,13H2,1H3/t15-/m0/s1. The van der Waals surface area contributed by atoms with Gasteiger partial charge in [0.1, 0.15) is 11.7 Å². The molecule has 3 aromatic rings. The highest BCUT2D eigenvalue weighted by molar-refractivity contribution is 5.93. The molecule has 1 fully saturated rings. The monoisotopic (exact) mass is 336 g/mol. The van der Waals surface area contributed by atoms with Crippen LogP contribution < -0.4 is 0 Å². The first kappa shape index (κ1) is 15.6. The molecule has 0 radical (unpaired) electrons. The molecule has 1 aliphatic heterocycles. The summed E-state index contributed by atoms with van der Waals surface area (Å²) in [6.45, 7) is 0.706. The number of hydrogen-bond acceptors (Lipinski definition) is 4. The molecule has 4 rings (SSSR count). The Hall–Kier alpha value is -2.89. The van der Waals surface area contributed by atoms with Crippen molar-refractivity contribution in [1.29, 1.82) is 0 Å². The SMILES string of the molecule is Cn1cccc1C(=O)N1CCCC[C@H]1c1nc(-c2ccccc2)no1. The van der Waals surface area contributed by atoms with Gasteiger partial charge in [0.05, 0.1) is 0 Å². The van der Waals surface area contributed by atoms with Crippen molar-refractivity contribution in [3.63, 3.8) is 0 Å². The van der Waals surface area contributed by atoms with Crippen LogP contribution >= 0.6 is 0 Å². The van der Waals surface area contributed by atoms with Gasteiger partial charge in [0.25, 0.3) is 5.91 Å². The van der Waals surface area contributed by atoms with Gasteiger partial charge in [0.2, 0.25) is 11.7 Å². The molecule has 1 atom stereocenters. The van der Waals surface area contributed by atoms with Crippen molar-refractivity contribution >= 4 is 5.91 Å². The topological polar surface area (TPSA) is 64.2 Å². The van der Waals surface area contributed by atoms with E-state index in [9.17, 15) is 4.79 Å². The van der Waals surface area contributed by atoms with E-state index >= 15 is 0 Å². The molecule has 2 aromatic heterocycles. The van der Waals surface area contributed by atoms with Gasteiger partial charge in [0, 0.05) is 25.4 Å². The van der Waals surface area contributed by atoms with Crippen LogP contribution in [-0.4, -0.2) is 32.1 Å². The zero-order chi connectivity index (χ0) is 17.2. The fourth-order valence-electron chi connectivity index (χ4n) is 3.34. The second kappa shape index (κ2) is 6.55. The molecule has 128 valence electrons. The van der Waals surface area contributed by atoms with Crippen molar-refractivity contribution in [3.05, 3.63) is 60.2 Å². The number of aromatic nitrogens is 3. The van der Waals surface area contributed by atoms with Crippen LogP contribution in [0.1, 0.15) is 41.7 Å². The van der Waals surface area contributed by atoms with Crippen molar-refractivity contribution in [1.82, 2.24) is 19.6 Å². The Balaban J connectivity index is 1.63. The Morgan fingerprint density at radius 3 is 2.76 bits per heavy atom. The Kier molecular flexibility index (Phi) is 4.09. The minimum absolute atomic E-state index is 0.0108. The van der Waals surface area contributed by atoms with Gasteiger partial charge in [-0.25, -0.2) is 0 Å². The first-order chi connectivity index (χ1) is 12.2. The highest BCUT2D eigenvalue weighted by atomic mass is 16.5. The van der Waals surface area contributed by atoms with Gasteiger partial charge < -0.3 is 14.0 Å². The van der Waals surface area contributed by atoms with E-state index in [-0.39, 0.29) is 11.9 Å². The average molecular weight is 336 g/mol. The average Bonchev–Trinajstić information content (AvgIpc) is 3.31. The number of amides is 1. The fourth-order valence-corrected chi connectivity index (χ4v) is 3.34. The number of likely N-dealkylation sites (tertiary alicyclic amines) is 1. The van der Waals surface area contributed by atoms with Crippen LogP contribution in [0.3, 0.4) is 0 Å². The molecule has 25 heavy (non-hydrogen) atoms. The Morgan fingerprint density at radius 1 is 1.16 bits per heavy atom. The Labute approximate surface area is 146 Å². The summed E-state index contributed by atoms with van der Waals surface area (Å²) >= 11 is 0. The lowest BCUT2D eigenvalue weighted by atomic mass is 10.0. The van der Waals surface area contributed by atoms with E-state index in [1.165, 1.54) is 0 Å². The second-order valence-corrected chi connectivity index (χ2v) is 6.34. The summed E-state index contributed by atoms with van der Waals surface area (Å²) in [4.78, 5) is 19.4. The van der Waals surface area contributed by atoms with Crippen molar-refractivity contribution < 1.29 is 9.32 Å². The molecule has 0 saturated carbocycles. The molecule has 0 unspecified atom stereocenters. The highest BCUT2D eigenvalue weighted by Gasteiger charge is 2.33. The number of benzene rings is 1. The number of hydrogen-bond donors (Lipinski definition) is 0. The van der Waals surface area contributed by atoms with Crippen LogP contribution in [0.25, 0.3) is 11.4 Å². The predicted molar refractivity (Wildman–Crippen MR) is 92.8 cm³/mol. The Morgan fingerprint density at radius 2 is 2.00 bits per heavy atom. The molecule has 0 bridgehead atoms. The maximum absolute atomic E-state index is 13.0. The highest BCUT2D eigenvalue weighted by Crippen LogP contribution is 2.32. The lowest BCUT2D eigenvalue weighted by Crippen LogP contribution is -2.39. The molecule has 6 heteroatoms. The normalized spacial score (nSPS) is 17.6. The molecule has 1 saturated heterocycles. The van der Waals surface area contributed by atoms with Crippen LogP contribution in [0.15, 0.2) is 53.2 Å². The molecule has 1 aliphatic rings. The maximum atomic E-state index is 13.0. The van der Waals surface area contributed by atoms with Gasteiger partial charge in [0.15, 0.2) is 0 Å². The van der Waals surface area contributed by atoms with Gasteiger partial charge in [-0.2, -0.15) is 4.98 Å². The third-order valence-electron chi connectivity index (χ3n) is 4.69. The first-order valence-corrected chi connectivity index (χ1v) is 8.55. The van der Waals surface area contributed by atoms with Crippen LogP contribution in [-0.2, 0) is 7.05 Å². The maximum Gasteiger partial charge on any atom is 0.271 e. The summed E-state index contributed by atoms with van der Waals surface area (Å²) in [6.07, 6.45) is 4.76. The van der Waals surface area contributed by atoms with E-state index in [4.69, 9.17) is 4.52 Å². The summed E-state index contributed by atoms with van der Waals surface area (Å²) in [5.41, 5.74) is 1.59. The molecule has 3 heterocycles. The third kappa shape index (κ3) is 2.95. The third-order valence-corrected chi connectivity index (χ3v) is 4.69. The number of piperidine rings is 1. The molecule has 1 amide bonds. The van der Waals surface area contributed by atoms with E-state index in [0.717, 1.165) is 24.8 Å². The number of nitrogens with zero attached hydrogens (tertiary/aromatic N) is 4. The van der Waals surface area contributed by atoms with E-state index < -0.39 is 0 Å². The van der Waals surface area contributed by atoms with Gasteiger partial charge in [-0.05, 0) is 31.4 Å². The van der Waals surface area contributed by atoms with Gasteiger partial charge in [-0.15, -0.1) is 0 Å². The predicted octanol–water partition coefficient (Wildman–Crippen LogP) is 3.44. The van der Waals surface area contributed by atoms with Crippen LogP contribution in [0.4, 0.5) is 0 Å². The van der Waals surface area contributed by atoms with Crippen LogP contribution in [0.5, 0.6) is 0 Å². The van der Waals surface area contributed by atoms with E-state index in [0.29, 0.717) is 24.0 Å². The van der Waals surface area contributed by atoms with E-state index in [2.05, 4.69) is 10.1 Å². The minimum Gasteiger partial charge on any atom is -0.347 e. The van der Waals surface area contributed by atoms with Crippen LogP contribution in [0.2, 0.25) is 0 Å². The quantitative estimate of drug-likeness (QED) is 0.735. The minimum atomic E-state index is -0.166. The number of carbonyl (C=O) groups is 1. The number of carbonyl (C=O) groups excluding carboxylic acids is 1. The van der Waals surface area contributed by atoms with Crippen molar-refractivity contribution in [2.45, 2.75) is 25.3 Å². The largest absolute Gasteiger partial charge is 0.347 e. The molecule has 0 aliphatic carbocycles. The van der Waals surface area contributed by atoms with Crippen molar-refractivity contribution in [3.8, 4) is 11.4 Å². The summed E-state index contributed by atoms with van der Waals surface area (Å²) < 4.78 is 7.37. The lowest BCUT2D eigenvalue weighted by molar-refractivity contribution is 0.0551. The van der Waals surface area contributed by atoms with Crippen molar-refractivity contribution in [2.24, 2.45) is 7.05 Å². The summed E-state index contributed by atoms with van der Waals surface area (Å²) in [5.74, 6) is 1.09. The zero-order valence-electron chi connectivity index (χ0n) is 14.1. The van der Waals surface area contributed by atoms with Gasteiger partial charge in [-0.1, -0.05) is 35.5 Å². The fraction of sp³-hybridized carbons (Fsp3) is 0.316. The zero-order valence-corrected chi connectivity index (χ0v) is 14.1. The van der Waals surface area contributed by atoms with Gasteiger partial charge >= 0.3 is 0 Å². The number of aryl methyl sites for hydroxylation is 1. The number of rotatable bonds is 3. The first-order valence-electron chi connectivity index (χ1n) is 8.55. The summed E-state index contributed by atoms with van der Waals surface area (Å²) in [5, 5.41) is 4.11.